The number of aromatic amines is 1. The van der Waals surface area contributed by atoms with Gasteiger partial charge in [0.25, 0.3) is 5.56 Å². The Labute approximate surface area is 87.8 Å². The van der Waals surface area contributed by atoms with E-state index < -0.39 is 0 Å². The van der Waals surface area contributed by atoms with Gasteiger partial charge < -0.3 is 4.98 Å². The second-order valence-electron chi connectivity index (χ2n) is 3.31. The average Bonchev–Trinajstić information content (AvgIpc) is 2.30. The SMILES string of the molecule is CCc1cnc(-c2ccccc2)[nH]c1=O. The first-order valence-corrected chi connectivity index (χ1v) is 4.95. The Hall–Kier alpha value is -1.90. The molecule has 0 radical (unpaired) electrons. The lowest BCUT2D eigenvalue weighted by molar-refractivity contribution is 1.01. The van der Waals surface area contributed by atoms with Crippen LogP contribution in [0.5, 0.6) is 0 Å². The van der Waals surface area contributed by atoms with Gasteiger partial charge in [-0.2, -0.15) is 0 Å². The lowest BCUT2D eigenvalue weighted by Crippen LogP contribution is -2.13. The number of rotatable bonds is 2. The molecule has 0 fully saturated rings. The third-order valence-electron chi connectivity index (χ3n) is 2.30. The molecule has 3 heteroatoms. The highest BCUT2D eigenvalue weighted by Gasteiger charge is 2.01. The maximum Gasteiger partial charge on any atom is 0.254 e. The van der Waals surface area contributed by atoms with Crippen LogP contribution in [-0.4, -0.2) is 9.97 Å². The van der Waals surface area contributed by atoms with Crippen molar-refractivity contribution < 1.29 is 0 Å². The summed E-state index contributed by atoms with van der Waals surface area (Å²) in [5.41, 5.74) is 1.60. The van der Waals surface area contributed by atoms with Gasteiger partial charge in [-0.3, -0.25) is 4.79 Å². The zero-order valence-corrected chi connectivity index (χ0v) is 8.53. The van der Waals surface area contributed by atoms with Crippen molar-refractivity contribution >= 4 is 0 Å². The van der Waals surface area contributed by atoms with Crippen molar-refractivity contribution in [3.8, 4) is 11.4 Å². The molecule has 0 atom stereocenters. The van der Waals surface area contributed by atoms with Crippen molar-refractivity contribution in [3.63, 3.8) is 0 Å². The van der Waals surface area contributed by atoms with Crippen molar-refractivity contribution in [3.05, 3.63) is 52.4 Å². The van der Waals surface area contributed by atoms with E-state index in [0.717, 1.165) is 11.1 Å². The molecule has 0 saturated carbocycles. The maximum atomic E-state index is 11.5. The smallest absolute Gasteiger partial charge is 0.254 e. The molecular formula is C12H12N2O. The van der Waals surface area contributed by atoms with Gasteiger partial charge in [0.15, 0.2) is 0 Å². The van der Waals surface area contributed by atoms with Gasteiger partial charge >= 0.3 is 0 Å². The molecular weight excluding hydrogens is 188 g/mol. The van der Waals surface area contributed by atoms with Gasteiger partial charge in [-0.1, -0.05) is 37.3 Å². The van der Waals surface area contributed by atoms with Crippen molar-refractivity contribution in [2.24, 2.45) is 0 Å². The molecule has 0 unspecified atom stereocenters. The Kier molecular flexibility index (Phi) is 2.63. The summed E-state index contributed by atoms with van der Waals surface area (Å²) in [6.07, 6.45) is 2.35. The predicted octanol–water partition coefficient (Wildman–Crippen LogP) is 2.00. The number of nitrogens with zero attached hydrogens (tertiary/aromatic N) is 1. The van der Waals surface area contributed by atoms with Crippen LogP contribution in [0.3, 0.4) is 0 Å². The Balaban J connectivity index is 2.48. The Bertz CT molecular complexity index is 503. The quantitative estimate of drug-likeness (QED) is 0.805. The lowest BCUT2D eigenvalue weighted by Gasteiger charge is -2.01. The zero-order valence-electron chi connectivity index (χ0n) is 8.53. The minimum atomic E-state index is -0.0497. The van der Waals surface area contributed by atoms with E-state index in [1.165, 1.54) is 0 Å². The number of nitrogens with one attached hydrogen (secondary N) is 1. The maximum absolute atomic E-state index is 11.5. The fourth-order valence-electron chi connectivity index (χ4n) is 1.42. The Morgan fingerprint density at radius 1 is 1.27 bits per heavy atom. The topological polar surface area (TPSA) is 45.8 Å². The van der Waals surface area contributed by atoms with Gasteiger partial charge in [0.1, 0.15) is 5.82 Å². The van der Waals surface area contributed by atoms with Gasteiger partial charge in [0.05, 0.1) is 0 Å². The van der Waals surface area contributed by atoms with Crippen molar-refractivity contribution in [1.29, 1.82) is 0 Å². The minimum absolute atomic E-state index is 0.0497. The summed E-state index contributed by atoms with van der Waals surface area (Å²) in [7, 11) is 0. The van der Waals surface area contributed by atoms with Crippen LogP contribution in [0.1, 0.15) is 12.5 Å². The first-order valence-electron chi connectivity index (χ1n) is 4.95. The molecule has 0 bridgehead atoms. The van der Waals surface area contributed by atoms with Crippen LogP contribution in [0.25, 0.3) is 11.4 Å². The second kappa shape index (κ2) is 4.09. The van der Waals surface area contributed by atoms with Crippen LogP contribution in [0, 0.1) is 0 Å². The summed E-state index contributed by atoms with van der Waals surface area (Å²) in [4.78, 5) is 18.6. The van der Waals surface area contributed by atoms with Crippen LogP contribution >= 0.6 is 0 Å². The molecule has 0 saturated heterocycles. The third-order valence-corrected chi connectivity index (χ3v) is 2.30. The molecule has 1 heterocycles. The van der Waals surface area contributed by atoms with Crippen LogP contribution in [-0.2, 0) is 6.42 Å². The van der Waals surface area contributed by atoms with Gasteiger partial charge in [0, 0.05) is 17.3 Å². The van der Waals surface area contributed by atoms with Crippen molar-refractivity contribution in [2.45, 2.75) is 13.3 Å². The lowest BCUT2D eigenvalue weighted by atomic mass is 10.2. The van der Waals surface area contributed by atoms with E-state index in [1.54, 1.807) is 6.20 Å². The molecule has 0 amide bonds. The fourth-order valence-corrected chi connectivity index (χ4v) is 1.42. The van der Waals surface area contributed by atoms with Crippen molar-refractivity contribution in [1.82, 2.24) is 9.97 Å². The fraction of sp³-hybridized carbons (Fsp3) is 0.167. The first-order chi connectivity index (χ1) is 7.31. The number of hydrogen-bond acceptors (Lipinski definition) is 2. The van der Waals surface area contributed by atoms with E-state index in [0.29, 0.717) is 12.2 Å². The molecule has 1 aromatic heterocycles. The van der Waals surface area contributed by atoms with E-state index in [9.17, 15) is 4.79 Å². The molecule has 76 valence electrons. The standard InChI is InChI=1S/C12H12N2O/c1-2-9-8-13-11(14-12(9)15)10-6-4-3-5-7-10/h3-8H,2H2,1H3,(H,13,14,15). The van der Waals surface area contributed by atoms with Gasteiger partial charge in [0.2, 0.25) is 0 Å². The van der Waals surface area contributed by atoms with Gasteiger partial charge in [-0.05, 0) is 6.42 Å². The number of H-pyrrole nitrogens is 1. The number of hydrogen-bond donors (Lipinski definition) is 1. The summed E-state index contributed by atoms with van der Waals surface area (Å²) in [5.74, 6) is 0.623. The van der Waals surface area contributed by atoms with E-state index in [1.807, 2.05) is 37.3 Å². The summed E-state index contributed by atoms with van der Waals surface area (Å²) < 4.78 is 0. The average molecular weight is 200 g/mol. The molecule has 3 nitrogen and oxygen atoms in total. The first kappa shape index (κ1) is 9.65. The van der Waals surface area contributed by atoms with Crippen LogP contribution in [0.15, 0.2) is 41.3 Å². The molecule has 0 aliphatic heterocycles. The zero-order chi connectivity index (χ0) is 10.7. The molecule has 0 aliphatic rings. The number of benzene rings is 1. The highest BCUT2D eigenvalue weighted by atomic mass is 16.1. The predicted molar refractivity (Wildman–Crippen MR) is 59.7 cm³/mol. The summed E-state index contributed by atoms with van der Waals surface area (Å²) in [6, 6.07) is 9.61. The molecule has 0 spiro atoms. The van der Waals surface area contributed by atoms with E-state index in [4.69, 9.17) is 0 Å². The van der Waals surface area contributed by atoms with E-state index >= 15 is 0 Å². The summed E-state index contributed by atoms with van der Waals surface area (Å²) in [6.45, 7) is 1.94. The summed E-state index contributed by atoms with van der Waals surface area (Å²) in [5, 5.41) is 0. The van der Waals surface area contributed by atoms with Crippen LogP contribution < -0.4 is 5.56 Å². The molecule has 15 heavy (non-hydrogen) atoms. The summed E-state index contributed by atoms with van der Waals surface area (Å²) >= 11 is 0. The van der Waals surface area contributed by atoms with E-state index in [2.05, 4.69) is 9.97 Å². The van der Waals surface area contributed by atoms with E-state index in [-0.39, 0.29) is 5.56 Å². The van der Waals surface area contributed by atoms with Gasteiger partial charge in [-0.25, -0.2) is 4.98 Å². The molecule has 0 aliphatic carbocycles. The molecule has 2 aromatic rings. The Morgan fingerprint density at radius 2 is 2.00 bits per heavy atom. The van der Waals surface area contributed by atoms with Crippen LogP contribution in [0.4, 0.5) is 0 Å². The monoisotopic (exact) mass is 200 g/mol. The van der Waals surface area contributed by atoms with Crippen molar-refractivity contribution in [2.75, 3.05) is 0 Å². The van der Waals surface area contributed by atoms with Crippen LogP contribution in [0.2, 0.25) is 0 Å². The highest BCUT2D eigenvalue weighted by Crippen LogP contribution is 2.11. The van der Waals surface area contributed by atoms with Gasteiger partial charge in [-0.15, -0.1) is 0 Å². The molecule has 2 rings (SSSR count). The largest absolute Gasteiger partial charge is 0.306 e. The highest BCUT2D eigenvalue weighted by molar-refractivity contribution is 5.53. The third kappa shape index (κ3) is 1.96. The number of aryl methyl sites for hydroxylation is 1. The molecule has 1 N–H and O–H groups in total. The molecule has 1 aromatic carbocycles. The second-order valence-corrected chi connectivity index (χ2v) is 3.31. The minimum Gasteiger partial charge on any atom is -0.306 e. The normalized spacial score (nSPS) is 10.2. The Morgan fingerprint density at radius 3 is 2.60 bits per heavy atom. The number of aromatic nitrogens is 2.